The molecule has 504 valence electrons. The molecule has 0 radical (unpaired) electrons. The van der Waals surface area contributed by atoms with Crippen LogP contribution in [0.4, 0.5) is 0 Å². The molecule has 0 aromatic heterocycles. The van der Waals surface area contributed by atoms with Crippen molar-refractivity contribution in [2.24, 2.45) is 11.8 Å². The molecular weight excluding hydrogens is 1220 g/mol. The van der Waals surface area contributed by atoms with Gasteiger partial charge in [-0.3, -0.25) is 4.79 Å². The Kier molecular flexibility index (Phi) is 21.8. The minimum Gasteiger partial charge on any atom is -0.489 e. The number of hydrogen-bond acceptors (Lipinski definition) is 5. The van der Waals surface area contributed by atoms with Crippen molar-refractivity contribution in [2.75, 3.05) is 0 Å². The molecule has 0 heterocycles. The van der Waals surface area contributed by atoms with Gasteiger partial charge in [0.2, 0.25) is 0 Å². The fourth-order valence-electron chi connectivity index (χ4n) is 14.5. The average Bonchev–Trinajstić information content (AvgIpc) is 1.60. The molecule has 0 N–H and O–H groups in total. The van der Waals surface area contributed by atoms with E-state index in [1.54, 1.807) is 0 Å². The molecule has 5 aliphatic carbocycles. The zero-order valence-corrected chi connectivity index (χ0v) is 60.4. The van der Waals surface area contributed by atoms with Crippen LogP contribution in [0.25, 0.3) is 40.1 Å². The lowest BCUT2D eigenvalue weighted by atomic mass is 9.83. The third-order valence-electron chi connectivity index (χ3n) is 20.4. The molecule has 0 saturated heterocycles. The predicted octanol–water partition coefficient (Wildman–Crippen LogP) is 23.0. The number of carbonyl (C=O) groups is 2. The highest BCUT2D eigenvalue weighted by Gasteiger charge is 2.29. The largest absolute Gasteiger partial charge is 0.489 e. The second-order valence-electron chi connectivity index (χ2n) is 28.9. The Bertz CT molecular complexity index is 4880. The molecule has 5 heteroatoms. The lowest BCUT2D eigenvalue weighted by Crippen LogP contribution is -2.25. The van der Waals surface area contributed by atoms with E-state index in [4.69, 9.17) is 14.2 Å². The van der Waals surface area contributed by atoms with Gasteiger partial charge >= 0.3 is 11.9 Å². The van der Waals surface area contributed by atoms with Gasteiger partial charge in [0, 0.05) is 16.7 Å². The Morgan fingerprint density at radius 3 is 1.67 bits per heavy atom. The Labute approximate surface area is 594 Å². The Hall–Kier alpha value is -10.3. The molecule has 10 aromatic carbocycles. The van der Waals surface area contributed by atoms with Crippen LogP contribution in [0.3, 0.4) is 0 Å². The predicted molar refractivity (Wildman–Crippen MR) is 416 cm³/mol. The second-order valence-corrected chi connectivity index (χ2v) is 28.9. The molecule has 0 unspecified atom stereocenters. The molecule has 0 bridgehead atoms. The van der Waals surface area contributed by atoms with Crippen LogP contribution in [0.1, 0.15) is 175 Å². The fraction of sp³-hybridized carbons (Fsp3) is 0.263. The zero-order chi connectivity index (χ0) is 70.1. The molecule has 1 fully saturated rings. The van der Waals surface area contributed by atoms with Crippen molar-refractivity contribution >= 4 is 40.9 Å². The zero-order valence-electron chi connectivity index (χ0n) is 60.4. The van der Waals surface area contributed by atoms with E-state index in [1.165, 1.54) is 128 Å². The number of esters is 2. The van der Waals surface area contributed by atoms with Gasteiger partial charge in [0.1, 0.15) is 23.9 Å². The van der Waals surface area contributed by atoms with Crippen molar-refractivity contribution in [2.45, 2.75) is 153 Å². The minimum absolute atomic E-state index is 0.0362. The van der Waals surface area contributed by atoms with Crippen molar-refractivity contribution in [1.29, 1.82) is 0 Å². The summed E-state index contributed by atoms with van der Waals surface area (Å²) in [5, 5.41) is 2.65. The van der Waals surface area contributed by atoms with Gasteiger partial charge in [-0.25, -0.2) is 4.79 Å². The van der Waals surface area contributed by atoms with E-state index in [-0.39, 0.29) is 17.9 Å². The summed E-state index contributed by atoms with van der Waals surface area (Å²) in [7, 11) is 0. The highest BCUT2D eigenvalue weighted by Crippen LogP contribution is 2.40. The summed E-state index contributed by atoms with van der Waals surface area (Å²) < 4.78 is 17.4. The summed E-state index contributed by atoms with van der Waals surface area (Å²) in [4.78, 5) is 25.2. The first-order chi connectivity index (χ1) is 48.2. The second kappa shape index (κ2) is 31.3. The number of ether oxygens (including phenoxy) is 3. The number of allylic oxidation sites excluding steroid dienone is 4. The van der Waals surface area contributed by atoms with E-state index in [0.29, 0.717) is 17.9 Å². The first-order valence-corrected chi connectivity index (χ1v) is 35.8. The maximum Gasteiger partial charge on any atom is 0.343 e. The molecule has 10 aromatic rings. The van der Waals surface area contributed by atoms with E-state index in [1.807, 2.05) is 55.5 Å². The highest BCUT2D eigenvalue weighted by molar-refractivity contribution is 5.95. The maximum absolute atomic E-state index is 12.8. The van der Waals surface area contributed by atoms with Crippen LogP contribution in [0.2, 0.25) is 0 Å². The molecule has 0 atom stereocenters. The monoisotopic (exact) mass is 1310 g/mol. The Morgan fingerprint density at radius 2 is 1.00 bits per heavy atom. The van der Waals surface area contributed by atoms with Crippen molar-refractivity contribution in [1.82, 2.24) is 0 Å². The maximum atomic E-state index is 12.8. The summed E-state index contributed by atoms with van der Waals surface area (Å²) in [6.07, 6.45) is 17.7. The van der Waals surface area contributed by atoms with Crippen LogP contribution in [0, 0.1) is 72.1 Å². The molecule has 15 rings (SSSR count). The molecule has 0 amide bonds. The summed E-state index contributed by atoms with van der Waals surface area (Å²) in [5.41, 5.74) is 34.0. The van der Waals surface area contributed by atoms with E-state index in [9.17, 15) is 9.59 Å². The summed E-state index contributed by atoms with van der Waals surface area (Å²) >= 11 is 0. The standard InChI is InChI=1S/C27H26O2.C25H24O.C24H20.C19H24O2/c1-18-4-8-21(9-5-18)10-11-22-12-15-24(26-17-20(3)16-25(22)26)27(28)29-23-13-6-19(2)7-14-23;1-17-4-8-20(9-5-17)23-13-10-21(24-14-19(3)15-25(23)24)16-26-22-11-6-18(2)7-12-22;1-16-4-6-19(7-5-16)8-9-20-10-11-21-14-18(3)22-12-17(2)13-24(22)23(21)15-20;1-12-4-7-15(8-5-12)19(20)21-18-9-6-14(3)16-10-13(2)11-17(16)18/h4-9,12-16H,10-11,17H2,1-3H3;4-13,15H,14,16H2,1-3H3;4-7,10-11,14-15H,2,12-13H2,1,3H3;6,9,11-12,15H,4-5,7-8,10H2,1-3H3. The van der Waals surface area contributed by atoms with E-state index >= 15 is 0 Å². The van der Waals surface area contributed by atoms with Crippen LogP contribution in [0.5, 0.6) is 17.2 Å². The first-order valence-electron chi connectivity index (χ1n) is 35.8. The minimum atomic E-state index is -0.279. The quantitative estimate of drug-likeness (QED) is 0.0559. The smallest absolute Gasteiger partial charge is 0.343 e. The molecule has 0 spiro atoms. The van der Waals surface area contributed by atoms with Crippen LogP contribution in [-0.2, 0) is 56.3 Å². The van der Waals surface area contributed by atoms with Gasteiger partial charge in [0.25, 0.3) is 0 Å². The van der Waals surface area contributed by atoms with Gasteiger partial charge in [0.05, 0.1) is 11.5 Å². The third-order valence-corrected chi connectivity index (χ3v) is 20.4. The normalized spacial score (nSPS) is 15.1. The van der Waals surface area contributed by atoms with E-state index in [2.05, 4.69) is 239 Å². The number of aryl methyl sites for hydroxylation is 9. The number of hydrogen-bond donors (Lipinski definition) is 0. The fourth-order valence-corrected chi connectivity index (χ4v) is 14.5. The summed E-state index contributed by atoms with van der Waals surface area (Å²) in [5.74, 6) is 9.37. The van der Waals surface area contributed by atoms with Crippen LogP contribution >= 0.6 is 0 Å². The number of carbonyl (C=O) groups excluding carboxylic acids is 2. The summed E-state index contributed by atoms with van der Waals surface area (Å²) in [6.45, 7) is 28.3. The van der Waals surface area contributed by atoms with Crippen molar-refractivity contribution < 1.29 is 23.8 Å². The lowest BCUT2D eigenvalue weighted by Gasteiger charge is -2.24. The number of benzene rings is 10. The van der Waals surface area contributed by atoms with Gasteiger partial charge in [0.15, 0.2) is 0 Å². The van der Waals surface area contributed by atoms with Crippen LogP contribution in [0.15, 0.2) is 211 Å². The molecule has 5 aliphatic rings. The van der Waals surface area contributed by atoms with Crippen LogP contribution in [-0.4, -0.2) is 11.9 Å². The molecule has 5 nitrogen and oxygen atoms in total. The SMILES string of the molecule is C=C1Cc2c(C)cc3ccc(C#Cc4ccc(C)cc4)cc3c2C1.CC1=Cc2c(-c3ccc(C)cc3)ccc(COc3ccc(C)cc3)c2C1.CC1=Cc2c(CCc3ccc(C)cc3)ccc(C(=O)Oc3ccc(C)cc3)c2C1.CC1=Cc2c(OC(=O)C3CCC(C)CC3)ccc(C)c2C1. The molecular formula is C95H94O5. The summed E-state index contributed by atoms with van der Waals surface area (Å²) in [6, 6.07) is 63.1. The lowest BCUT2D eigenvalue weighted by molar-refractivity contribution is -0.140. The molecule has 1 saturated carbocycles. The Morgan fingerprint density at radius 1 is 0.450 bits per heavy atom. The number of fused-ring (bicyclic) bond motifs is 6. The van der Waals surface area contributed by atoms with Crippen molar-refractivity contribution in [3.8, 4) is 40.2 Å². The average molecular weight is 1320 g/mol. The van der Waals surface area contributed by atoms with Gasteiger partial charge in [-0.1, -0.05) is 215 Å². The van der Waals surface area contributed by atoms with E-state index < -0.39 is 0 Å². The van der Waals surface area contributed by atoms with Gasteiger partial charge in [-0.05, 0) is 295 Å². The van der Waals surface area contributed by atoms with Gasteiger partial charge < -0.3 is 14.2 Å². The number of rotatable bonds is 11. The van der Waals surface area contributed by atoms with E-state index in [0.717, 1.165) is 116 Å². The highest BCUT2D eigenvalue weighted by atomic mass is 16.5. The van der Waals surface area contributed by atoms with Crippen molar-refractivity contribution in [3.63, 3.8) is 0 Å². The third kappa shape index (κ3) is 17.0. The van der Waals surface area contributed by atoms with Crippen molar-refractivity contribution in [3.05, 3.63) is 328 Å². The Balaban J connectivity index is 0.000000127. The molecule has 100 heavy (non-hydrogen) atoms. The van der Waals surface area contributed by atoms with Gasteiger partial charge in [-0.15, -0.1) is 0 Å². The van der Waals surface area contributed by atoms with Gasteiger partial charge in [-0.2, -0.15) is 0 Å². The topological polar surface area (TPSA) is 61.8 Å². The van der Waals surface area contributed by atoms with Crippen LogP contribution < -0.4 is 14.2 Å². The molecule has 0 aliphatic heterocycles. The first kappa shape index (κ1) is 69.6.